The summed E-state index contributed by atoms with van der Waals surface area (Å²) in [5, 5.41) is 18.1. The van der Waals surface area contributed by atoms with Crippen LogP contribution in [0, 0.1) is 5.41 Å². The van der Waals surface area contributed by atoms with E-state index in [9.17, 15) is 0 Å². The molecule has 0 aliphatic heterocycles. The van der Waals surface area contributed by atoms with Crippen LogP contribution in [-0.2, 0) is 0 Å². The Hall–Kier alpha value is -1.06. The Balaban J connectivity index is 2.33. The van der Waals surface area contributed by atoms with Crippen LogP contribution in [0.2, 0.25) is 0 Å². The van der Waals surface area contributed by atoms with Gasteiger partial charge in [-0.2, -0.15) is 0 Å². The van der Waals surface area contributed by atoms with Gasteiger partial charge in [0.2, 0.25) is 0 Å². The standard InChI is InChI=1S/C12H18O3/c1-12(9-13,10-14)7-8-15-11-5-3-2-4-6-11/h2-6,13-14H,7-10H2,1H3. The normalized spacial score (nSPS) is 11.4. The first-order chi connectivity index (χ1) is 7.20. The molecule has 0 aliphatic rings. The lowest BCUT2D eigenvalue weighted by Crippen LogP contribution is -2.28. The highest BCUT2D eigenvalue weighted by Gasteiger charge is 2.22. The first-order valence-electron chi connectivity index (χ1n) is 5.10. The highest BCUT2D eigenvalue weighted by molar-refractivity contribution is 5.20. The Morgan fingerprint density at radius 2 is 1.73 bits per heavy atom. The van der Waals surface area contributed by atoms with Crippen molar-refractivity contribution in [3.8, 4) is 5.75 Å². The number of para-hydroxylation sites is 1. The molecule has 0 fully saturated rings. The average molecular weight is 210 g/mol. The zero-order valence-corrected chi connectivity index (χ0v) is 9.02. The van der Waals surface area contributed by atoms with Gasteiger partial charge in [0.05, 0.1) is 19.8 Å². The molecule has 0 aromatic heterocycles. The lowest BCUT2D eigenvalue weighted by molar-refractivity contribution is 0.0505. The van der Waals surface area contributed by atoms with Gasteiger partial charge in [0, 0.05) is 5.41 Å². The van der Waals surface area contributed by atoms with E-state index >= 15 is 0 Å². The van der Waals surface area contributed by atoms with Crippen LogP contribution >= 0.6 is 0 Å². The lowest BCUT2D eigenvalue weighted by Gasteiger charge is -2.24. The van der Waals surface area contributed by atoms with Gasteiger partial charge in [0.15, 0.2) is 0 Å². The van der Waals surface area contributed by atoms with Crippen LogP contribution in [-0.4, -0.2) is 30.0 Å². The molecule has 0 atom stereocenters. The SMILES string of the molecule is CC(CO)(CO)CCOc1ccccc1. The molecule has 84 valence electrons. The third-order valence-corrected chi connectivity index (χ3v) is 2.48. The summed E-state index contributed by atoms with van der Waals surface area (Å²) < 4.78 is 5.48. The molecule has 15 heavy (non-hydrogen) atoms. The molecule has 3 nitrogen and oxygen atoms in total. The predicted octanol–water partition coefficient (Wildman–Crippen LogP) is 1.45. The van der Waals surface area contributed by atoms with E-state index in [1.807, 2.05) is 37.3 Å². The number of ether oxygens (including phenoxy) is 1. The van der Waals surface area contributed by atoms with Crippen molar-refractivity contribution in [1.82, 2.24) is 0 Å². The fraction of sp³-hybridized carbons (Fsp3) is 0.500. The van der Waals surface area contributed by atoms with E-state index in [2.05, 4.69) is 0 Å². The molecule has 0 saturated heterocycles. The minimum Gasteiger partial charge on any atom is -0.494 e. The van der Waals surface area contributed by atoms with Crippen LogP contribution in [0.4, 0.5) is 0 Å². The molecule has 0 radical (unpaired) electrons. The van der Waals surface area contributed by atoms with Crippen molar-refractivity contribution >= 4 is 0 Å². The molecule has 0 amide bonds. The van der Waals surface area contributed by atoms with E-state index in [-0.39, 0.29) is 13.2 Å². The molecule has 0 aliphatic carbocycles. The van der Waals surface area contributed by atoms with Crippen molar-refractivity contribution in [1.29, 1.82) is 0 Å². The first-order valence-corrected chi connectivity index (χ1v) is 5.10. The summed E-state index contributed by atoms with van der Waals surface area (Å²) in [4.78, 5) is 0. The molecule has 0 unspecified atom stereocenters. The van der Waals surface area contributed by atoms with E-state index in [0.717, 1.165) is 5.75 Å². The Labute approximate surface area is 90.3 Å². The Morgan fingerprint density at radius 3 is 2.27 bits per heavy atom. The summed E-state index contributed by atoms with van der Waals surface area (Å²) in [6.45, 7) is 2.28. The van der Waals surface area contributed by atoms with Crippen LogP contribution in [0.15, 0.2) is 30.3 Å². The van der Waals surface area contributed by atoms with Crippen molar-refractivity contribution in [2.45, 2.75) is 13.3 Å². The summed E-state index contributed by atoms with van der Waals surface area (Å²) in [5.74, 6) is 0.815. The smallest absolute Gasteiger partial charge is 0.119 e. The van der Waals surface area contributed by atoms with Gasteiger partial charge in [-0.1, -0.05) is 25.1 Å². The zero-order chi connectivity index (χ0) is 11.1. The number of hydrogen-bond donors (Lipinski definition) is 2. The van der Waals surface area contributed by atoms with Crippen LogP contribution < -0.4 is 4.74 Å². The maximum Gasteiger partial charge on any atom is 0.119 e. The molecular weight excluding hydrogens is 192 g/mol. The summed E-state index contributed by atoms with van der Waals surface area (Å²) in [5.41, 5.74) is -0.450. The molecule has 2 N–H and O–H groups in total. The van der Waals surface area contributed by atoms with Gasteiger partial charge in [-0.05, 0) is 18.6 Å². The topological polar surface area (TPSA) is 49.7 Å². The Morgan fingerprint density at radius 1 is 1.13 bits per heavy atom. The van der Waals surface area contributed by atoms with Gasteiger partial charge in [-0.3, -0.25) is 0 Å². The third-order valence-electron chi connectivity index (χ3n) is 2.48. The van der Waals surface area contributed by atoms with E-state index in [1.54, 1.807) is 0 Å². The molecule has 0 saturated carbocycles. The Bertz CT molecular complexity index is 267. The van der Waals surface area contributed by atoms with E-state index in [4.69, 9.17) is 14.9 Å². The van der Waals surface area contributed by atoms with Gasteiger partial charge >= 0.3 is 0 Å². The van der Waals surface area contributed by atoms with Crippen molar-refractivity contribution in [2.24, 2.45) is 5.41 Å². The van der Waals surface area contributed by atoms with Crippen LogP contribution in [0.5, 0.6) is 5.75 Å². The van der Waals surface area contributed by atoms with Gasteiger partial charge in [-0.15, -0.1) is 0 Å². The van der Waals surface area contributed by atoms with Gasteiger partial charge in [0.1, 0.15) is 5.75 Å². The first kappa shape index (κ1) is 12.0. The molecule has 0 spiro atoms. The minimum absolute atomic E-state index is 0.0261. The second-order valence-electron chi connectivity index (χ2n) is 4.04. The van der Waals surface area contributed by atoms with E-state index in [1.165, 1.54) is 0 Å². The molecule has 1 rings (SSSR count). The number of aliphatic hydroxyl groups is 2. The molecule has 0 bridgehead atoms. The summed E-state index contributed by atoms with van der Waals surface area (Å²) >= 11 is 0. The number of aliphatic hydroxyl groups excluding tert-OH is 2. The van der Waals surface area contributed by atoms with Gasteiger partial charge < -0.3 is 14.9 Å². The molecular formula is C12H18O3. The number of hydrogen-bond acceptors (Lipinski definition) is 3. The van der Waals surface area contributed by atoms with Crippen molar-refractivity contribution in [2.75, 3.05) is 19.8 Å². The van der Waals surface area contributed by atoms with Crippen LogP contribution in [0.1, 0.15) is 13.3 Å². The molecule has 0 heterocycles. The summed E-state index contributed by atoms with van der Waals surface area (Å²) in [6.07, 6.45) is 0.634. The van der Waals surface area contributed by atoms with E-state index < -0.39 is 5.41 Å². The second kappa shape index (κ2) is 5.73. The fourth-order valence-electron chi connectivity index (χ4n) is 1.14. The average Bonchev–Trinajstić information content (AvgIpc) is 2.30. The second-order valence-corrected chi connectivity index (χ2v) is 4.04. The number of rotatable bonds is 6. The maximum atomic E-state index is 9.07. The van der Waals surface area contributed by atoms with Crippen molar-refractivity contribution in [3.05, 3.63) is 30.3 Å². The molecule has 1 aromatic carbocycles. The molecule has 1 aromatic rings. The monoisotopic (exact) mass is 210 g/mol. The highest BCUT2D eigenvalue weighted by atomic mass is 16.5. The Kier molecular flexibility index (Phi) is 4.59. The van der Waals surface area contributed by atoms with Crippen LogP contribution in [0.3, 0.4) is 0 Å². The summed E-state index contributed by atoms with van der Waals surface area (Å²) in [7, 11) is 0. The largest absolute Gasteiger partial charge is 0.494 e. The van der Waals surface area contributed by atoms with Crippen molar-refractivity contribution in [3.63, 3.8) is 0 Å². The predicted molar refractivity (Wildman–Crippen MR) is 58.8 cm³/mol. The van der Waals surface area contributed by atoms with Crippen molar-refractivity contribution < 1.29 is 14.9 Å². The number of benzene rings is 1. The van der Waals surface area contributed by atoms with Crippen LogP contribution in [0.25, 0.3) is 0 Å². The minimum atomic E-state index is -0.450. The third kappa shape index (κ3) is 3.90. The van der Waals surface area contributed by atoms with Gasteiger partial charge in [-0.25, -0.2) is 0 Å². The van der Waals surface area contributed by atoms with Gasteiger partial charge in [0.25, 0.3) is 0 Å². The lowest BCUT2D eigenvalue weighted by atomic mass is 9.89. The fourth-order valence-corrected chi connectivity index (χ4v) is 1.14. The molecule has 3 heteroatoms. The summed E-state index contributed by atoms with van der Waals surface area (Å²) in [6, 6.07) is 9.52. The highest BCUT2D eigenvalue weighted by Crippen LogP contribution is 2.20. The van der Waals surface area contributed by atoms with E-state index in [0.29, 0.717) is 13.0 Å². The zero-order valence-electron chi connectivity index (χ0n) is 9.02. The maximum absolute atomic E-state index is 9.07. The quantitative estimate of drug-likeness (QED) is 0.747.